The molecule has 1 aliphatic carbocycles. The number of aromatic nitrogens is 3. The summed E-state index contributed by atoms with van der Waals surface area (Å²) in [6.07, 6.45) is 3.72. The van der Waals surface area contributed by atoms with Gasteiger partial charge in [0, 0.05) is 19.6 Å². The van der Waals surface area contributed by atoms with Gasteiger partial charge in [-0.05, 0) is 32.1 Å². The van der Waals surface area contributed by atoms with Crippen molar-refractivity contribution in [3.05, 3.63) is 0 Å². The van der Waals surface area contributed by atoms with E-state index in [1.807, 2.05) is 6.92 Å². The van der Waals surface area contributed by atoms with Gasteiger partial charge in [-0.1, -0.05) is 6.92 Å². The van der Waals surface area contributed by atoms with Crippen LogP contribution in [0.15, 0.2) is 0 Å². The molecule has 0 unspecified atom stereocenters. The lowest BCUT2D eigenvalue weighted by atomic mass is 10.3. The van der Waals surface area contributed by atoms with Crippen molar-refractivity contribution in [3.8, 4) is 6.01 Å². The van der Waals surface area contributed by atoms with Crippen LogP contribution >= 0.6 is 0 Å². The van der Waals surface area contributed by atoms with Crippen LogP contribution in [0, 0.1) is 5.92 Å². The summed E-state index contributed by atoms with van der Waals surface area (Å²) in [4.78, 5) is 15.3. The van der Waals surface area contributed by atoms with Crippen molar-refractivity contribution in [2.75, 3.05) is 37.0 Å². The van der Waals surface area contributed by atoms with E-state index in [0.29, 0.717) is 12.0 Å². The molecule has 0 saturated heterocycles. The molecule has 1 aromatic rings. The van der Waals surface area contributed by atoms with Crippen molar-refractivity contribution in [3.63, 3.8) is 0 Å². The Kier molecular flexibility index (Phi) is 4.76. The lowest BCUT2D eigenvalue weighted by molar-refractivity contribution is 0.378. The molecule has 0 spiro atoms. The summed E-state index contributed by atoms with van der Waals surface area (Å²) in [5, 5.41) is 3.12. The lowest BCUT2D eigenvalue weighted by Gasteiger charge is -2.22. The van der Waals surface area contributed by atoms with Gasteiger partial charge in [-0.15, -0.1) is 0 Å². The average Bonchev–Trinajstić information content (AvgIpc) is 3.22. The molecule has 2 rings (SSSR count). The average molecular weight is 265 g/mol. The van der Waals surface area contributed by atoms with Gasteiger partial charge in [-0.25, -0.2) is 0 Å². The van der Waals surface area contributed by atoms with E-state index in [4.69, 9.17) is 4.74 Å². The van der Waals surface area contributed by atoms with Crippen molar-refractivity contribution in [1.29, 1.82) is 0 Å². The highest BCUT2D eigenvalue weighted by molar-refractivity contribution is 5.38. The number of nitrogens with one attached hydrogen (secondary N) is 1. The monoisotopic (exact) mass is 265 g/mol. The van der Waals surface area contributed by atoms with Gasteiger partial charge < -0.3 is 15.0 Å². The van der Waals surface area contributed by atoms with Crippen LogP contribution in [-0.4, -0.2) is 41.7 Å². The van der Waals surface area contributed by atoms with Crippen molar-refractivity contribution in [1.82, 2.24) is 15.0 Å². The topological polar surface area (TPSA) is 63.2 Å². The number of methoxy groups -OCH3 is 1. The third kappa shape index (κ3) is 3.94. The molecule has 0 atom stereocenters. The summed E-state index contributed by atoms with van der Waals surface area (Å²) in [6, 6.07) is 0.373. The van der Waals surface area contributed by atoms with Crippen LogP contribution in [0.2, 0.25) is 0 Å². The molecule has 1 N–H and O–H groups in total. The summed E-state index contributed by atoms with van der Waals surface area (Å²) in [6.45, 7) is 6.97. The van der Waals surface area contributed by atoms with E-state index in [1.165, 1.54) is 12.8 Å². The minimum atomic E-state index is 0.373. The fraction of sp³-hybridized carbons (Fsp3) is 0.769. The van der Waals surface area contributed by atoms with Gasteiger partial charge >= 0.3 is 6.01 Å². The Morgan fingerprint density at radius 2 is 2.05 bits per heavy atom. The molecule has 6 heteroatoms. The first-order chi connectivity index (χ1) is 9.26. The zero-order valence-corrected chi connectivity index (χ0v) is 12.0. The molecule has 106 valence electrons. The van der Waals surface area contributed by atoms with Gasteiger partial charge in [0.15, 0.2) is 0 Å². The fourth-order valence-electron chi connectivity index (χ4n) is 1.97. The number of anilines is 2. The number of hydrogen-bond donors (Lipinski definition) is 1. The molecule has 1 fully saturated rings. The van der Waals surface area contributed by atoms with E-state index in [9.17, 15) is 0 Å². The first-order valence-corrected chi connectivity index (χ1v) is 7.05. The highest BCUT2D eigenvalue weighted by atomic mass is 16.5. The summed E-state index contributed by atoms with van der Waals surface area (Å²) in [5.41, 5.74) is 0. The maximum absolute atomic E-state index is 5.16. The van der Waals surface area contributed by atoms with Crippen molar-refractivity contribution in [2.24, 2.45) is 5.92 Å². The molecule has 0 bridgehead atoms. The number of hydrogen-bond acceptors (Lipinski definition) is 6. The molecule has 1 aliphatic rings. The Labute approximate surface area is 114 Å². The van der Waals surface area contributed by atoms with Crippen LogP contribution in [0.5, 0.6) is 6.01 Å². The van der Waals surface area contributed by atoms with Crippen LogP contribution < -0.4 is 15.0 Å². The van der Waals surface area contributed by atoms with Gasteiger partial charge in [-0.2, -0.15) is 15.0 Å². The van der Waals surface area contributed by atoms with E-state index < -0.39 is 0 Å². The molecule has 0 aromatic carbocycles. The van der Waals surface area contributed by atoms with E-state index in [-0.39, 0.29) is 0 Å². The highest BCUT2D eigenvalue weighted by Crippen LogP contribution is 2.31. The molecule has 1 saturated carbocycles. The van der Waals surface area contributed by atoms with Gasteiger partial charge in [0.1, 0.15) is 0 Å². The zero-order valence-electron chi connectivity index (χ0n) is 12.0. The molecular weight excluding hydrogens is 242 g/mol. The second kappa shape index (κ2) is 6.54. The van der Waals surface area contributed by atoms with E-state index in [0.717, 1.165) is 37.9 Å². The fourth-order valence-corrected chi connectivity index (χ4v) is 1.97. The third-order valence-corrected chi connectivity index (χ3v) is 3.07. The standard InChI is InChI=1S/C13H23N5O/c1-4-8-18(9-10-6-7-10)12-15-11(14-5-2)16-13(17-12)19-3/h10H,4-9H2,1-3H3,(H,14,15,16,17). The van der Waals surface area contributed by atoms with Gasteiger partial charge in [0.05, 0.1) is 7.11 Å². The SMILES string of the molecule is CCCN(CC1CC1)c1nc(NCC)nc(OC)n1. The second-order valence-electron chi connectivity index (χ2n) is 4.87. The maximum Gasteiger partial charge on any atom is 0.322 e. The summed E-state index contributed by atoms with van der Waals surface area (Å²) >= 11 is 0. The molecule has 0 amide bonds. The zero-order chi connectivity index (χ0) is 13.7. The van der Waals surface area contributed by atoms with Crippen LogP contribution in [0.4, 0.5) is 11.9 Å². The quantitative estimate of drug-likeness (QED) is 0.775. The van der Waals surface area contributed by atoms with Gasteiger partial charge in [0.2, 0.25) is 11.9 Å². The predicted octanol–water partition coefficient (Wildman–Crippen LogP) is 1.94. The minimum Gasteiger partial charge on any atom is -0.467 e. The Morgan fingerprint density at radius 3 is 2.63 bits per heavy atom. The molecule has 1 heterocycles. The Morgan fingerprint density at radius 1 is 1.26 bits per heavy atom. The lowest BCUT2D eigenvalue weighted by Crippen LogP contribution is -2.29. The predicted molar refractivity (Wildman–Crippen MR) is 75.8 cm³/mol. The number of rotatable bonds is 8. The first kappa shape index (κ1) is 13.8. The van der Waals surface area contributed by atoms with Crippen LogP contribution in [0.3, 0.4) is 0 Å². The molecular formula is C13H23N5O. The smallest absolute Gasteiger partial charge is 0.322 e. The Bertz CT molecular complexity index is 408. The van der Waals surface area contributed by atoms with Gasteiger partial charge in [-0.3, -0.25) is 0 Å². The summed E-state index contributed by atoms with van der Waals surface area (Å²) in [5.74, 6) is 2.11. The molecule has 6 nitrogen and oxygen atoms in total. The Hall–Kier alpha value is -1.59. The molecule has 0 aliphatic heterocycles. The Balaban J connectivity index is 2.19. The van der Waals surface area contributed by atoms with Crippen molar-refractivity contribution < 1.29 is 4.74 Å². The third-order valence-electron chi connectivity index (χ3n) is 3.07. The maximum atomic E-state index is 5.16. The number of nitrogens with zero attached hydrogens (tertiary/aromatic N) is 4. The van der Waals surface area contributed by atoms with E-state index in [2.05, 4.69) is 32.1 Å². The van der Waals surface area contributed by atoms with Gasteiger partial charge in [0.25, 0.3) is 0 Å². The van der Waals surface area contributed by atoms with E-state index >= 15 is 0 Å². The largest absolute Gasteiger partial charge is 0.467 e. The summed E-state index contributed by atoms with van der Waals surface area (Å²) < 4.78 is 5.16. The number of ether oxygens (including phenoxy) is 1. The van der Waals surface area contributed by atoms with Crippen LogP contribution in [0.25, 0.3) is 0 Å². The minimum absolute atomic E-state index is 0.373. The highest BCUT2D eigenvalue weighted by Gasteiger charge is 2.25. The molecule has 1 aromatic heterocycles. The molecule has 0 radical (unpaired) electrons. The van der Waals surface area contributed by atoms with E-state index in [1.54, 1.807) is 7.11 Å². The van der Waals surface area contributed by atoms with Crippen molar-refractivity contribution >= 4 is 11.9 Å². The first-order valence-electron chi connectivity index (χ1n) is 7.05. The second-order valence-corrected chi connectivity index (χ2v) is 4.87. The normalized spacial score (nSPS) is 14.3. The summed E-state index contributed by atoms with van der Waals surface area (Å²) in [7, 11) is 1.58. The van der Waals surface area contributed by atoms with Crippen molar-refractivity contribution in [2.45, 2.75) is 33.1 Å². The van der Waals surface area contributed by atoms with Crippen LogP contribution in [-0.2, 0) is 0 Å². The van der Waals surface area contributed by atoms with Crippen LogP contribution in [0.1, 0.15) is 33.1 Å². The molecule has 19 heavy (non-hydrogen) atoms.